The Balaban J connectivity index is 1.53. The minimum absolute atomic E-state index is 0.00721. The molecule has 1 aliphatic carbocycles. The Morgan fingerprint density at radius 3 is 2.64 bits per heavy atom. The van der Waals surface area contributed by atoms with Crippen molar-refractivity contribution in [3.05, 3.63) is 83.8 Å². The van der Waals surface area contributed by atoms with Gasteiger partial charge in [0.1, 0.15) is 0 Å². The van der Waals surface area contributed by atoms with Gasteiger partial charge in [0.05, 0.1) is 6.61 Å². The largest absolute Gasteiger partial charge is 0.481 e. The molecule has 0 spiro atoms. The van der Waals surface area contributed by atoms with Gasteiger partial charge in [0.25, 0.3) is 11.8 Å². The fourth-order valence-electron chi connectivity index (χ4n) is 4.43. The molecule has 8 nitrogen and oxygen atoms in total. The Bertz CT molecular complexity index is 1300. The van der Waals surface area contributed by atoms with E-state index in [0.29, 0.717) is 42.3 Å². The summed E-state index contributed by atoms with van der Waals surface area (Å²) >= 11 is 0. The van der Waals surface area contributed by atoms with Crippen molar-refractivity contribution in [2.45, 2.75) is 26.2 Å². The first kappa shape index (κ1) is 25.1. The highest BCUT2D eigenvalue weighted by molar-refractivity contribution is 5.95. The highest BCUT2D eigenvalue weighted by atomic mass is 16.5. The van der Waals surface area contributed by atoms with E-state index in [4.69, 9.17) is 14.4 Å². The molecule has 1 unspecified atom stereocenters. The van der Waals surface area contributed by atoms with E-state index in [0.717, 1.165) is 11.1 Å². The summed E-state index contributed by atoms with van der Waals surface area (Å²) in [6, 6.07) is 17.2. The van der Waals surface area contributed by atoms with Gasteiger partial charge in [0, 0.05) is 42.2 Å². The van der Waals surface area contributed by atoms with Gasteiger partial charge in [0.15, 0.2) is 0 Å². The van der Waals surface area contributed by atoms with Crippen LogP contribution >= 0.6 is 0 Å². The molecule has 4 rings (SSSR count). The van der Waals surface area contributed by atoms with E-state index in [9.17, 15) is 9.59 Å². The average molecular weight is 488 g/mol. The maximum atomic E-state index is 12.5. The zero-order chi connectivity index (χ0) is 25.5. The molecule has 0 bridgehead atoms. The number of allylic oxidation sites excluding steroid dienone is 3. The summed E-state index contributed by atoms with van der Waals surface area (Å²) in [6.07, 6.45) is 5.15. The molecule has 0 saturated carbocycles. The summed E-state index contributed by atoms with van der Waals surface area (Å²) in [5.74, 6) is -0.353. The van der Waals surface area contributed by atoms with Gasteiger partial charge in [-0.05, 0) is 36.1 Å². The van der Waals surface area contributed by atoms with Crippen LogP contribution in [0.3, 0.4) is 0 Å². The second-order valence-corrected chi connectivity index (χ2v) is 9.07. The van der Waals surface area contributed by atoms with Gasteiger partial charge < -0.3 is 19.7 Å². The summed E-state index contributed by atoms with van der Waals surface area (Å²) < 4.78 is 11.2. The first-order chi connectivity index (χ1) is 17.4. The van der Waals surface area contributed by atoms with Gasteiger partial charge in [-0.15, -0.1) is 0 Å². The molecule has 1 aliphatic rings. The van der Waals surface area contributed by atoms with Gasteiger partial charge in [-0.1, -0.05) is 66.7 Å². The van der Waals surface area contributed by atoms with Gasteiger partial charge in [0.2, 0.25) is 5.82 Å². The van der Waals surface area contributed by atoms with Crippen molar-refractivity contribution in [1.82, 2.24) is 15.5 Å². The molecule has 36 heavy (non-hydrogen) atoms. The number of rotatable bonds is 10. The van der Waals surface area contributed by atoms with E-state index < -0.39 is 5.97 Å². The Hall–Kier alpha value is -4.04. The number of carbonyl (C=O) groups is 2. The zero-order valence-corrected chi connectivity index (χ0v) is 20.4. The molecule has 0 saturated heterocycles. The van der Waals surface area contributed by atoms with E-state index >= 15 is 0 Å². The third-order valence-electron chi connectivity index (χ3n) is 6.17. The highest BCUT2D eigenvalue weighted by Crippen LogP contribution is 2.45. The van der Waals surface area contributed by atoms with Crippen LogP contribution in [-0.2, 0) is 9.53 Å². The third-order valence-corrected chi connectivity index (χ3v) is 6.17. The van der Waals surface area contributed by atoms with Crippen LogP contribution in [0.4, 0.5) is 0 Å². The fourth-order valence-corrected chi connectivity index (χ4v) is 4.43. The molecular formula is C28H29N3O5. The Morgan fingerprint density at radius 1 is 1.11 bits per heavy atom. The van der Waals surface area contributed by atoms with Gasteiger partial charge in [-0.3, -0.25) is 9.59 Å². The molecule has 1 atom stereocenters. The number of carboxylic acid groups (broad SMARTS) is 1. The summed E-state index contributed by atoms with van der Waals surface area (Å²) in [5, 5.41) is 15.6. The van der Waals surface area contributed by atoms with Gasteiger partial charge in [-0.2, -0.15) is 4.98 Å². The number of aromatic nitrogens is 2. The highest BCUT2D eigenvalue weighted by Gasteiger charge is 2.35. The Kier molecular flexibility index (Phi) is 7.75. The maximum absolute atomic E-state index is 12.5. The first-order valence-electron chi connectivity index (χ1n) is 11.8. The van der Waals surface area contributed by atoms with Crippen LogP contribution < -0.4 is 5.32 Å². The van der Waals surface area contributed by atoms with Crippen LogP contribution in [-0.4, -0.2) is 47.4 Å². The number of methoxy groups -OCH3 is 1. The van der Waals surface area contributed by atoms with Crippen LogP contribution in [0.25, 0.3) is 22.5 Å². The molecule has 2 aromatic carbocycles. The van der Waals surface area contributed by atoms with Crippen molar-refractivity contribution in [1.29, 1.82) is 0 Å². The minimum atomic E-state index is -0.887. The summed E-state index contributed by atoms with van der Waals surface area (Å²) in [4.78, 5) is 27.7. The van der Waals surface area contributed by atoms with E-state index in [2.05, 4.69) is 40.6 Å². The van der Waals surface area contributed by atoms with Crippen LogP contribution in [0.15, 0.2) is 71.3 Å². The van der Waals surface area contributed by atoms with Crippen molar-refractivity contribution in [2.75, 3.05) is 20.3 Å². The Morgan fingerprint density at radius 2 is 1.89 bits per heavy atom. The SMILES string of the molecule is COCC1(C)CC(c2nc(-c3cccc(C(=O)NCCCC(=O)O)c3)no2)=CC=C1c1ccccc1. The molecule has 3 aromatic rings. The van der Waals surface area contributed by atoms with Crippen LogP contribution in [0.5, 0.6) is 0 Å². The summed E-state index contributed by atoms with van der Waals surface area (Å²) in [6.45, 7) is 2.99. The lowest BCUT2D eigenvalue weighted by Crippen LogP contribution is -2.27. The van der Waals surface area contributed by atoms with E-state index in [-0.39, 0.29) is 24.3 Å². The van der Waals surface area contributed by atoms with Crippen molar-refractivity contribution >= 4 is 23.0 Å². The van der Waals surface area contributed by atoms with E-state index in [1.165, 1.54) is 5.57 Å². The molecule has 0 fully saturated rings. The van der Waals surface area contributed by atoms with Crippen LogP contribution in [0.2, 0.25) is 0 Å². The number of carboxylic acids is 1. The second kappa shape index (κ2) is 11.1. The smallest absolute Gasteiger partial charge is 0.303 e. The lowest BCUT2D eigenvalue weighted by molar-refractivity contribution is -0.137. The van der Waals surface area contributed by atoms with Crippen molar-refractivity contribution in [2.24, 2.45) is 5.41 Å². The molecule has 186 valence electrons. The van der Waals surface area contributed by atoms with Crippen LogP contribution in [0.1, 0.15) is 48.0 Å². The van der Waals surface area contributed by atoms with Gasteiger partial charge >= 0.3 is 5.97 Å². The minimum Gasteiger partial charge on any atom is -0.481 e. The van der Waals surface area contributed by atoms with E-state index in [1.807, 2.05) is 30.3 Å². The molecule has 0 aliphatic heterocycles. The molecular weight excluding hydrogens is 458 g/mol. The van der Waals surface area contributed by atoms with Crippen molar-refractivity contribution < 1.29 is 24.0 Å². The number of aliphatic carboxylic acids is 1. The van der Waals surface area contributed by atoms with Crippen LogP contribution in [0, 0.1) is 5.41 Å². The summed E-state index contributed by atoms with van der Waals surface area (Å²) in [7, 11) is 1.70. The number of ether oxygens (including phenoxy) is 1. The topological polar surface area (TPSA) is 115 Å². The molecule has 1 amide bonds. The second-order valence-electron chi connectivity index (χ2n) is 9.07. The molecule has 8 heteroatoms. The predicted molar refractivity (Wildman–Crippen MR) is 136 cm³/mol. The lowest BCUT2D eigenvalue weighted by atomic mass is 9.71. The normalized spacial score (nSPS) is 17.3. The zero-order valence-electron chi connectivity index (χ0n) is 20.4. The molecule has 0 radical (unpaired) electrons. The molecule has 1 aromatic heterocycles. The average Bonchev–Trinajstić information content (AvgIpc) is 3.37. The number of benzene rings is 2. The fraction of sp³-hybridized carbons (Fsp3) is 0.286. The molecule has 2 N–H and O–H groups in total. The monoisotopic (exact) mass is 487 g/mol. The van der Waals surface area contributed by atoms with Crippen molar-refractivity contribution in [3.63, 3.8) is 0 Å². The number of nitrogens with zero attached hydrogens (tertiary/aromatic N) is 2. The number of carbonyl (C=O) groups excluding carboxylic acids is 1. The molecule has 1 heterocycles. The number of amides is 1. The number of hydrogen-bond donors (Lipinski definition) is 2. The number of hydrogen-bond acceptors (Lipinski definition) is 6. The summed E-state index contributed by atoms with van der Waals surface area (Å²) in [5.41, 5.74) is 4.08. The quantitative estimate of drug-likeness (QED) is 0.393. The third kappa shape index (κ3) is 5.78. The number of nitrogens with one attached hydrogen (secondary N) is 1. The Labute approximate surface area is 209 Å². The first-order valence-corrected chi connectivity index (χ1v) is 11.8. The maximum Gasteiger partial charge on any atom is 0.303 e. The standard InChI is InChI=1S/C28H29N3O5/c1-28(18-35-2)17-22(13-14-23(28)19-8-4-3-5-9-19)27-30-25(31-36-27)20-10-6-11-21(16-20)26(34)29-15-7-12-24(32)33/h3-6,8-11,13-14,16H,7,12,15,17-18H2,1-2H3,(H,29,34)(H,32,33). The lowest BCUT2D eigenvalue weighted by Gasteiger charge is -2.34. The van der Waals surface area contributed by atoms with E-state index in [1.54, 1.807) is 25.3 Å². The van der Waals surface area contributed by atoms with Crippen molar-refractivity contribution in [3.8, 4) is 11.4 Å². The predicted octanol–water partition coefficient (Wildman–Crippen LogP) is 4.85. The van der Waals surface area contributed by atoms with Gasteiger partial charge in [-0.25, -0.2) is 0 Å².